The largest absolute Gasteiger partial charge is 0.341 e. The zero-order valence-corrected chi connectivity index (χ0v) is 10.6. The van der Waals surface area contributed by atoms with Crippen LogP contribution in [0.4, 0.5) is 14.9 Å². The van der Waals surface area contributed by atoms with Gasteiger partial charge in [0.2, 0.25) is 0 Å². The third kappa shape index (κ3) is 1.28. The molecule has 1 spiro atoms. The second-order valence-corrected chi connectivity index (χ2v) is 5.43. The van der Waals surface area contributed by atoms with E-state index in [1.54, 1.807) is 0 Å². The van der Waals surface area contributed by atoms with Crippen LogP contribution in [-0.2, 0) is 10.3 Å². The van der Waals surface area contributed by atoms with Crippen molar-refractivity contribution < 1.29 is 14.0 Å². The van der Waals surface area contributed by atoms with Crippen molar-refractivity contribution in [3.8, 4) is 0 Å². The fourth-order valence-electron chi connectivity index (χ4n) is 3.61. The number of benzene rings is 1. The maximum absolute atomic E-state index is 13.6. The molecule has 0 saturated heterocycles. The zero-order valence-electron chi connectivity index (χ0n) is 10.6. The lowest BCUT2D eigenvalue weighted by Gasteiger charge is -2.36. The van der Waals surface area contributed by atoms with Crippen molar-refractivity contribution in [2.75, 3.05) is 5.32 Å². The molecule has 2 aliphatic heterocycles. The number of halogens is 1. The van der Waals surface area contributed by atoms with Crippen LogP contribution < -0.4 is 10.6 Å². The molecule has 2 heterocycles. The number of aliphatic imine (C=N–C) groups is 1. The van der Waals surface area contributed by atoms with Crippen LogP contribution in [0, 0.1) is 11.7 Å². The normalized spacial score (nSPS) is 30.6. The SMILES string of the molecule is O=C1N=C2CCCC2C2(N1)C(=O)Nc1ccc(F)cc12. The van der Waals surface area contributed by atoms with E-state index in [-0.39, 0.29) is 11.8 Å². The first kappa shape index (κ1) is 11.6. The Kier molecular flexibility index (Phi) is 2.11. The Morgan fingerprint density at radius 2 is 2.20 bits per heavy atom. The quantitative estimate of drug-likeness (QED) is 0.758. The highest BCUT2D eigenvalue weighted by molar-refractivity contribution is 6.14. The minimum atomic E-state index is -1.19. The number of amides is 3. The number of carbonyl (C=O) groups is 2. The van der Waals surface area contributed by atoms with Gasteiger partial charge in [0.25, 0.3) is 5.91 Å². The highest BCUT2D eigenvalue weighted by Gasteiger charge is 2.57. The molecule has 2 N–H and O–H groups in total. The molecule has 0 aromatic heterocycles. The number of carbonyl (C=O) groups excluding carboxylic acids is 2. The summed E-state index contributed by atoms with van der Waals surface area (Å²) in [5.41, 5.74) is 0.628. The van der Waals surface area contributed by atoms with Gasteiger partial charge in [-0.15, -0.1) is 0 Å². The topological polar surface area (TPSA) is 70.6 Å². The molecule has 2 atom stereocenters. The summed E-state index contributed by atoms with van der Waals surface area (Å²) in [5.74, 6) is -0.898. The molecule has 20 heavy (non-hydrogen) atoms. The van der Waals surface area contributed by atoms with Crippen LogP contribution in [0.25, 0.3) is 0 Å². The van der Waals surface area contributed by atoms with Gasteiger partial charge in [0.1, 0.15) is 5.82 Å². The van der Waals surface area contributed by atoms with E-state index in [1.165, 1.54) is 18.2 Å². The summed E-state index contributed by atoms with van der Waals surface area (Å²) < 4.78 is 13.6. The molecular formula is C14H12FN3O2. The number of fused-ring (bicyclic) bond motifs is 4. The molecule has 6 heteroatoms. The molecule has 1 saturated carbocycles. The van der Waals surface area contributed by atoms with Crippen molar-refractivity contribution in [1.29, 1.82) is 0 Å². The second kappa shape index (κ2) is 3.65. The van der Waals surface area contributed by atoms with Crippen molar-refractivity contribution in [2.45, 2.75) is 24.8 Å². The lowest BCUT2D eigenvalue weighted by molar-refractivity contribution is -0.122. The van der Waals surface area contributed by atoms with Gasteiger partial charge in [0.15, 0.2) is 5.54 Å². The van der Waals surface area contributed by atoms with E-state index in [9.17, 15) is 14.0 Å². The molecule has 1 aliphatic carbocycles. The van der Waals surface area contributed by atoms with Gasteiger partial charge in [0.05, 0.1) is 0 Å². The summed E-state index contributed by atoms with van der Waals surface area (Å²) in [4.78, 5) is 28.3. The second-order valence-electron chi connectivity index (χ2n) is 5.43. The molecule has 1 fully saturated rings. The molecular weight excluding hydrogens is 261 g/mol. The standard InChI is InChI=1S/C14H12FN3O2/c15-7-4-5-11-9(6-7)14(12(19)16-11)8-2-1-3-10(8)17-13(20)18-14/h4-6,8H,1-3H2,(H,16,19)(H,18,20). The molecule has 3 amide bonds. The predicted molar refractivity (Wildman–Crippen MR) is 70.0 cm³/mol. The first-order chi connectivity index (χ1) is 9.61. The highest BCUT2D eigenvalue weighted by atomic mass is 19.1. The summed E-state index contributed by atoms with van der Waals surface area (Å²) in [6, 6.07) is 3.64. The van der Waals surface area contributed by atoms with Gasteiger partial charge in [-0.1, -0.05) is 0 Å². The van der Waals surface area contributed by atoms with E-state index in [2.05, 4.69) is 15.6 Å². The minimum absolute atomic E-state index is 0.178. The van der Waals surface area contributed by atoms with Gasteiger partial charge in [0, 0.05) is 22.9 Å². The van der Waals surface area contributed by atoms with Gasteiger partial charge in [-0.25, -0.2) is 14.2 Å². The minimum Gasteiger partial charge on any atom is -0.323 e. The molecule has 1 aromatic rings. The third-order valence-electron chi connectivity index (χ3n) is 4.41. The Morgan fingerprint density at radius 1 is 1.35 bits per heavy atom. The predicted octanol–water partition coefficient (Wildman–Crippen LogP) is 1.94. The molecule has 3 aliphatic rings. The van der Waals surface area contributed by atoms with Crippen molar-refractivity contribution in [3.63, 3.8) is 0 Å². The van der Waals surface area contributed by atoms with E-state index < -0.39 is 17.4 Å². The summed E-state index contributed by atoms with van der Waals surface area (Å²) >= 11 is 0. The number of hydrogen-bond acceptors (Lipinski definition) is 2. The first-order valence-electron chi connectivity index (χ1n) is 6.62. The monoisotopic (exact) mass is 273 g/mol. The smallest absolute Gasteiger partial charge is 0.323 e. The molecule has 102 valence electrons. The number of nitrogens with zero attached hydrogens (tertiary/aromatic N) is 1. The van der Waals surface area contributed by atoms with Crippen molar-refractivity contribution in [1.82, 2.24) is 5.32 Å². The van der Waals surface area contributed by atoms with Crippen molar-refractivity contribution in [3.05, 3.63) is 29.6 Å². The molecule has 1 aromatic carbocycles. The first-order valence-corrected chi connectivity index (χ1v) is 6.62. The maximum atomic E-state index is 13.6. The zero-order chi connectivity index (χ0) is 13.9. The van der Waals surface area contributed by atoms with Crippen LogP contribution in [0.3, 0.4) is 0 Å². The van der Waals surface area contributed by atoms with Crippen LogP contribution in [0.2, 0.25) is 0 Å². The van der Waals surface area contributed by atoms with Crippen LogP contribution in [-0.4, -0.2) is 17.6 Å². The summed E-state index contributed by atoms with van der Waals surface area (Å²) in [5, 5.41) is 5.43. The van der Waals surface area contributed by atoms with Gasteiger partial charge in [-0.3, -0.25) is 4.79 Å². The third-order valence-corrected chi connectivity index (χ3v) is 4.41. The van der Waals surface area contributed by atoms with Gasteiger partial charge >= 0.3 is 6.03 Å². The van der Waals surface area contributed by atoms with Crippen molar-refractivity contribution >= 4 is 23.3 Å². The number of rotatable bonds is 0. The number of urea groups is 1. The van der Waals surface area contributed by atoms with E-state index >= 15 is 0 Å². The average Bonchev–Trinajstić information content (AvgIpc) is 2.96. The Labute approximate surface area is 114 Å². The van der Waals surface area contributed by atoms with Crippen LogP contribution in [0.1, 0.15) is 24.8 Å². The van der Waals surface area contributed by atoms with E-state index in [1.807, 2.05) is 0 Å². The number of anilines is 1. The van der Waals surface area contributed by atoms with Crippen LogP contribution in [0.15, 0.2) is 23.2 Å². The summed E-state index contributed by atoms with van der Waals surface area (Å²) in [6.07, 6.45) is 2.37. The van der Waals surface area contributed by atoms with E-state index in [4.69, 9.17) is 0 Å². The fraction of sp³-hybridized carbons (Fsp3) is 0.357. The van der Waals surface area contributed by atoms with Gasteiger partial charge < -0.3 is 10.6 Å². The Morgan fingerprint density at radius 3 is 3.05 bits per heavy atom. The maximum Gasteiger partial charge on any atom is 0.341 e. The van der Waals surface area contributed by atoms with Crippen LogP contribution >= 0.6 is 0 Å². The number of nitrogens with one attached hydrogen (secondary N) is 2. The molecule has 2 unspecified atom stereocenters. The Hall–Kier alpha value is -2.24. The number of hydrogen-bond donors (Lipinski definition) is 2. The molecule has 0 radical (unpaired) electrons. The van der Waals surface area contributed by atoms with Crippen LogP contribution in [0.5, 0.6) is 0 Å². The van der Waals surface area contributed by atoms with Crippen molar-refractivity contribution in [2.24, 2.45) is 10.9 Å². The fourth-order valence-corrected chi connectivity index (χ4v) is 3.61. The Bertz CT molecular complexity index is 685. The molecule has 0 bridgehead atoms. The highest BCUT2D eigenvalue weighted by Crippen LogP contribution is 2.47. The Balaban J connectivity index is 1.97. The van der Waals surface area contributed by atoms with E-state index in [0.717, 1.165) is 25.0 Å². The van der Waals surface area contributed by atoms with Gasteiger partial charge in [-0.05, 0) is 37.5 Å². The lowest BCUT2D eigenvalue weighted by atomic mass is 9.76. The summed E-state index contributed by atoms with van der Waals surface area (Å²) in [7, 11) is 0. The summed E-state index contributed by atoms with van der Waals surface area (Å²) in [6.45, 7) is 0. The molecule has 5 nitrogen and oxygen atoms in total. The van der Waals surface area contributed by atoms with Gasteiger partial charge in [-0.2, -0.15) is 0 Å². The lowest BCUT2D eigenvalue weighted by Crippen LogP contribution is -2.58. The van der Waals surface area contributed by atoms with E-state index in [0.29, 0.717) is 11.3 Å². The average molecular weight is 273 g/mol. The molecule has 4 rings (SSSR count).